The van der Waals surface area contributed by atoms with Gasteiger partial charge in [0.25, 0.3) is 0 Å². The van der Waals surface area contributed by atoms with Gasteiger partial charge < -0.3 is 19.7 Å². The van der Waals surface area contributed by atoms with Crippen LogP contribution >= 0.6 is 0 Å². The van der Waals surface area contributed by atoms with E-state index < -0.39 is 5.97 Å². The van der Waals surface area contributed by atoms with Gasteiger partial charge in [-0.05, 0) is 42.3 Å². The van der Waals surface area contributed by atoms with Gasteiger partial charge in [-0.15, -0.1) is 0 Å². The van der Waals surface area contributed by atoms with E-state index in [9.17, 15) is 9.59 Å². The molecule has 154 valence electrons. The summed E-state index contributed by atoms with van der Waals surface area (Å²) in [5, 5.41) is 2.86. The summed E-state index contributed by atoms with van der Waals surface area (Å²) in [7, 11) is 3.00. The third-order valence-corrected chi connectivity index (χ3v) is 5.07. The number of rotatable bonds is 6. The molecule has 0 aliphatic carbocycles. The number of amides is 2. The number of carbonyl (C=O) groups is 2. The highest BCUT2D eigenvalue weighted by molar-refractivity contribution is 5.93. The number of hydrogen-bond donors (Lipinski definition) is 1. The zero-order valence-electron chi connectivity index (χ0n) is 16.9. The van der Waals surface area contributed by atoms with Crippen molar-refractivity contribution in [2.75, 3.05) is 52.3 Å². The molecule has 1 aliphatic heterocycles. The van der Waals surface area contributed by atoms with Gasteiger partial charge in [0.1, 0.15) is 5.75 Å². The molecule has 0 saturated carbocycles. The van der Waals surface area contributed by atoms with E-state index in [0.29, 0.717) is 24.3 Å². The van der Waals surface area contributed by atoms with Crippen molar-refractivity contribution in [3.63, 3.8) is 0 Å². The van der Waals surface area contributed by atoms with Crippen LogP contribution in [0.5, 0.6) is 5.75 Å². The maximum Gasteiger partial charge on any atom is 0.337 e. The molecule has 1 saturated heterocycles. The van der Waals surface area contributed by atoms with Crippen molar-refractivity contribution in [1.82, 2.24) is 9.80 Å². The highest BCUT2D eigenvalue weighted by atomic mass is 16.5. The van der Waals surface area contributed by atoms with Crippen molar-refractivity contribution >= 4 is 17.7 Å². The second-order valence-electron chi connectivity index (χ2n) is 6.93. The van der Waals surface area contributed by atoms with E-state index in [1.807, 2.05) is 12.1 Å². The van der Waals surface area contributed by atoms with Crippen LogP contribution in [0.1, 0.15) is 15.9 Å². The summed E-state index contributed by atoms with van der Waals surface area (Å²) in [6.07, 6.45) is 0.969. The number of benzene rings is 2. The normalized spacial score (nSPS) is 14.3. The van der Waals surface area contributed by atoms with Crippen LogP contribution in [0.4, 0.5) is 10.5 Å². The fraction of sp³-hybridized carbons (Fsp3) is 0.364. The minimum Gasteiger partial charge on any atom is -0.497 e. The van der Waals surface area contributed by atoms with Crippen LogP contribution in [0.3, 0.4) is 0 Å². The Labute approximate surface area is 171 Å². The van der Waals surface area contributed by atoms with Gasteiger partial charge in [-0.25, -0.2) is 9.59 Å². The SMILES string of the molecule is COC(=O)c1cccc(NC(=O)N2CCN(CCc3ccc(OC)cc3)CC2)c1. The Balaban J connectivity index is 1.45. The number of methoxy groups -OCH3 is 2. The number of urea groups is 1. The second kappa shape index (κ2) is 9.93. The first-order valence-electron chi connectivity index (χ1n) is 9.68. The quantitative estimate of drug-likeness (QED) is 0.759. The fourth-order valence-corrected chi connectivity index (χ4v) is 3.30. The second-order valence-corrected chi connectivity index (χ2v) is 6.93. The molecule has 1 fully saturated rings. The molecule has 2 aromatic rings. The van der Waals surface area contributed by atoms with Gasteiger partial charge in [0.2, 0.25) is 0 Å². The van der Waals surface area contributed by atoms with Crippen LogP contribution in [0, 0.1) is 0 Å². The molecule has 1 N–H and O–H groups in total. The molecule has 7 nitrogen and oxygen atoms in total. The lowest BCUT2D eigenvalue weighted by molar-refractivity contribution is 0.0600. The molecule has 7 heteroatoms. The number of carbonyl (C=O) groups excluding carboxylic acids is 2. The summed E-state index contributed by atoms with van der Waals surface area (Å²) in [5.41, 5.74) is 2.27. The zero-order chi connectivity index (χ0) is 20.6. The maximum absolute atomic E-state index is 12.5. The van der Waals surface area contributed by atoms with Crippen molar-refractivity contribution in [1.29, 1.82) is 0 Å². The molecule has 0 bridgehead atoms. The first-order chi connectivity index (χ1) is 14.1. The number of nitrogens with zero attached hydrogens (tertiary/aromatic N) is 2. The largest absolute Gasteiger partial charge is 0.497 e. The number of nitrogens with one attached hydrogen (secondary N) is 1. The van der Waals surface area contributed by atoms with E-state index in [-0.39, 0.29) is 6.03 Å². The van der Waals surface area contributed by atoms with Crippen molar-refractivity contribution in [3.05, 3.63) is 59.7 Å². The molecule has 2 aromatic carbocycles. The molecule has 29 heavy (non-hydrogen) atoms. The predicted octanol–water partition coefficient (Wildman–Crippen LogP) is 2.87. The van der Waals surface area contributed by atoms with E-state index in [2.05, 4.69) is 22.3 Å². The summed E-state index contributed by atoms with van der Waals surface area (Å²) >= 11 is 0. The monoisotopic (exact) mass is 397 g/mol. The average Bonchev–Trinajstić information content (AvgIpc) is 2.78. The topological polar surface area (TPSA) is 71.1 Å². The van der Waals surface area contributed by atoms with Crippen LogP contribution in [-0.2, 0) is 11.2 Å². The molecular weight excluding hydrogens is 370 g/mol. The van der Waals surface area contributed by atoms with E-state index >= 15 is 0 Å². The van der Waals surface area contributed by atoms with E-state index in [4.69, 9.17) is 9.47 Å². The Morgan fingerprint density at radius 2 is 1.72 bits per heavy atom. The van der Waals surface area contributed by atoms with Gasteiger partial charge in [0, 0.05) is 38.4 Å². The Kier molecular flexibility index (Phi) is 7.08. The minimum absolute atomic E-state index is 0.151. The number of piperazine rings is 1. The zero-order valence-corrected chi connectivity index (χ0v) is 16.9. The first-order valence-corrected chi connectivity index (χ1v) is 9.68. The Bertz CT molecular complexity index is 830. The Morgan fingerprint density at radius 3 is 2.38 bits per heavy atom. The highest BCUT2D eigenvalue weighted by Crippen LogP contribution is 2.14. The maximum atomic E-state index is 12.5. The molecule has 0 atom stereocenters. The van der Waals surface area contributed by atoms with Gasteiger partial charge >= 0.3 is 12.0 Å². The molecule has 3 rings (SSSR count). The summed E-state index contributed by atoms with van der Waals surface area (Å²) in [4.78, 5) is 28.3. The summed E-state index contributed by atoms with van der Waals surface area (Å²) < 4.78 is 9.90. The molecule has 1 aliphatic rings. The number of ether oxygens (including phenoxy) is 2. The van der Waals surface area contributed by atoms with Gasteiger partial charge in [-0.1, -0.05) is 18.2 Å². The lowest BCUT2D eigenvalue weighted by Crippen LogP contribution is -2.50. The van der Waals surface area contributed by atoms with E-state index in [1.54, 1.807) is 36.3 Å². The highest BCUT2D eigenvalue weighted by Gasteiger charge is 2.21. The number of anilines is 1. The summed E-state index contributed by atoms with van der Waals surface area (Å²) in [6.45, 7) is 3.98. The summed E-state index contributed by atoms with van der Waals surface area (Å²) in [5.74, 6) is 0.442. The van der Waals surface area contributed by atoms with Crippen LogP contribution in [0.2, 0.25) is 0 Å². The Hall–Kier alpha value is -3.06. The molecule has 0 radical (unpaired) electrons. The molecule has 0 spiro atoms. The van der Waals surface area contributed by atoms with Gasteiger partial charge in [0.05, 0.1) is 19.8 Å². The average molecular weight is 397 g/mol. The Morgan fingerprint density at radius 1 is 1.00 bits per heavy atom. The van der Waals surface area contributed by atoms with Crippen molar-refractivity contribution in [2.24, 2.45) is 0 Å². The predicted molar refractivity (Wildman–Crippen MR) is 112 cm³/mol. The molecule has 2 amide bonds. The lowest BCUT2D eigenvalue weighted by Gasteiger charge is -2.34. The van der Waals surface area contributed by atoms with Crippen molar-refractivity contribution in [2.45, 2.75) is 6.42 Å². The van der Waals surface area contributed by atoms with Crippen LogP contribution < -0.4 is 10.1 Å². The van der Waals surface area contributed by atoms with E-state index in [0.717, 1.165) is 31.8 Å². The third kappa shape index (κ3) is 5.71. The van der Waals surface area contributed by atoms with Gasteiger partial charge in [-0.3, -0.25) is 4.90 Å². The molecule has 0 aromatic heterocycles. The third-order valence-electron chi connectivity index (χ3n) is 5.07. The number of hydrogen-bond acceptors (Lipinski definition) is 5. The van der Waals surface area contributed by atoms with Crippen LogP contribution in [-0.4, -0.2) is 68.7 Å². The smallest absolute Gasteiger partial charge is 0.337 e. The first kappa shape index (κ1) is 20.7. The van der Waals surface area contributed by atoms with Crippen LogP contribution in [0.15, 0.2) is 48.5 Å². The minimum atomic E-state index is -0.424. The molecular formula is C22H27N3O4. The molecule has 0 unspecified atom stereocenters. The van der Waals surface area contributed by atoms with Crippen molar-refractivity contribution in [3.8, 4) is 5.75 Å². The van der Waals surface area contributed by atoms with Crippen molar-refractivity contribution < 1.29 is 19.1 Å². The standard InChI is InChI=1S/C22H27N3O4/c1-28-20-8-6-17(7-9-20)10-11-24-12-14-25(15-13-24)22(27)23-19-5-3-4-18(16-19)21(26)29-2/h3-9,16H,10-15H2,1-2H3,(H,23,27). The fourth-order valence-electron chi connectivity index (χ4n) is 3.30. The lowest BCUT2D eigenvalue weighted by atomic mass is 10.1. The summed E-state index contributed by atoms with van der Waals surface area (Å²) in [6, 6.07) is 14.7. The van der Waals surface area contributed by atoms with Crippen LogP contribution in [0.25, 0.3) is 0 Å². The number of esters is 1. The van der Waals surface area contributed by atoms with Gasteiger partial charge in [-0.2, -0.15) is 0 Å². The molecule has 1 heterocycles. The van der Waals surface area contributed by atoms with Gasteiger partial charge in [0.15, 0.2) is 0 Å². The van der Waals surface area contributed by atoms with E-state index in [1.165, 1.54) is 12.7 Å².